The fourth-order valence-electron chi connectivity index (χ4n) is 2.34. The number of rotatable bonds is 4. The normalized spacial score (nSPS) is 12.3. The monoisotopic (exact) mass is 300 g/mol. The summed E-state index contributed by atoms with van der Waals surface area (Å²) in [6, 6.07) is 15.6. The highest BCUT2D eigenvalue weighted by molar-refractivity contribution is 7.19. The first-order chi connectivity index (χ1) is 10.2. The molecular weight excluding hydrogens is 284 g/mol. The molecule has 1 atom stereocenters. The molecule has 0 bridgehead atoms. The molecule has 0 saturated carbocycles. The Labute approximate surface area is 127 Å². The molecule has 0 amide bonds. The molecule has 0 fully saturated rings. The van der Waals surface area contributed by atoms with Crippen LogP contribution in [0.15, 0.2) is 48.5 Å². The summed E-state index contributed by atoms with van der Waals surface area (Å²) < 4.78 is 11.7. The maximum Gasteiger partial charge on any atom is 0.125 e. The van der Waals surface area contributed by atoms with Gasteiger partial charge in [0.2, 0.25) is 0 Å². The minimum Gasteiger partial charge on any atom is -0.497 e. The topological polar surface area (TPSA) is 38.7 Å². The van der Waals surface area contributed by atoms with Crippen LogP contribution in [-0.2, 0) is 0 Å². The van der Waals surface area contributed by atoms with E-state index in [2.05, 4.69) is 6.07 Å². The molecule has 0 saturated heterocycles. The number of hydrogen-bond donors (Lipinski definition) is 1. The number of aliphatic hydroxyl groups is 1. The average molecular weight is 300 g/mol. The number of methoxy groups -OCH3 is 2. The molecule has 21 heavy (non-hydrogen) atoms. The second-order valence-electron chi connectivity index (χ2n) is 4.70. The zero-order valence-corrected chi connectivity index (χ0v) is 12.7. The second kappa shape index (κ2) is 5.76. The Balaban J connectivity index is 2.06. The van der Waals surface area contributed by atoms with E-state index in [4.69, 9.17) is 9.47 Å². The summed E-state index contributed by atoms with van der Waals surface area (Å²) in [4.78, 5) is 0.891. The van der Waals surface area contributed by atoms with E-state index in [1.54, 1.807) is 25.6 Å². The van der Waals surface area contributed by atoms with Gasteiger partial charge in [0.15, 0.2) is 0 Å². The van der Waals surface area contributed by atoms with Crippen LogP contribution in [0.5, 0.6) is 11.5 Å². The van der Waals surface area contributed by atoms with Gasteiger partial charge in [0, 0.05) is 15.1 Å². The van der Waals surface area contributed by atoms with Crippen LogP contribution in [0.3, 0.4) is 0 Å². The molecule has 3 nitrogen and oxygen atoms in total. The first kappa shape index (κ1) is 13.9. The predicted octanol–water partition coefficient (Wildman–Crippen LogP) is 4.00. The minimum absolute atomic E-state index is 0.653. The van der Waals surface area contributed by atoms with E-state index in [1.165, 1.54) is 0 Å². The molecule has 4 heteroatoms. The van der Waals surface area contributed by atoms with Crippen LogP contribution < -0.4 is 9.47 Å². The Morgan fingerprint density at radius 2 is 1.81 bits per heavy atom. The molecule has 0 aliphatic carbocycles. The molecule has 0 radical (unpaired) electrons. The minimum atomic E-state index is -0.729. The maximum absolute atomic E-state index is 10.7. The summed E-state index contributed by atoms with van der Waals surface area (Å²) in [5.41, 5.74) is 0.711. The molecular formula is C17H16O3S. The van der Waals surface area contributed by atoms with Crippen molar-refractivity contribution in [1.29, 1.82) is 0 Å². The van der Waals surface area contributed by atoms with Crippen molar-refractivity contribution < 1.29 is 14.6 Å². The summed E-state index contributed by atoms with van der Waals surface area (Å²) in [5, 5.41) is 11.8. The van der Waals surface area contributed by atoms with Crippen molar-refractivity contribution in [3.63, 3.8) is 0 Å². The zero-order valence-electron chi connectivity index (χ0n) is 11.9. The van der Waals surface area contributed by atoms with Crippen molar-refractivity contribution in [2.75, 3.05) is 14.2 Å². The van der Waals surface area contributed by atoms with Gasteiger partial charge in [-0.2, -0.15) is 0 Å². The first-order valence-electron chi connectivity index (χ1n) is 6.61. The Morgan fingerprint density at radius 3 is 2.52 bits per heavy atom. The molecule has 108 valence electrons. The van der Waals surface area contributed by atoms with E-state index < -0.39 is 6.10 Å². The molecule has 1 aromatic heterocycles. The van der Waals surface area contributed by atoms with Crippen LogP contribution in [0.2, 0.25) is 0 Å². The molecule has 3 aromatic rings. The number of aliphatic hydroxyl groups excluding tert-OH is 1. The lowest BCUT2D eigenvalue weighted by Crippen LogP contribution is -2.01. The van der Waals surface area contributed by atoms with Crippen LogP contribution in [0.4, 0.5) is 0 Å². The van der Waals surface area contributed by atoms with Crippen molar-refractivity contribution in [3.8, 4) is 11.5 Å². The highest BCUT2D eigenvalue weighted by atomic mass is 32.1. The Kier molecular flexibility index (Phi) is 3.82. The molecule has 1 heterocycles. The second-order valence-corrected chi connectivity index (χ2v) is 5.81. The quantitative estimate of drug-likeness (QED) is 0.791. The van der Waals surface area contributed by atoms with Gasteiger partial charge >= 0.3 is 0 Å². The van der Waals surface area contributed by atoms with E-state index in [-0.39, 0.29) is 0 Å². The van der Waals surface area contributed by atoms with E-state index in [9.17, 15) is 5.11 Å². The van der Waals surface area contributed by atoms with Gasteiger partial charge in [0.05, 0.1) is 14.2 Å². The van der Waals surface area contributed by atoms with Crippen molar-refractivity contribution in [2.45, 2.75) is 6.10 Å². The Bertz CT molecular complexity index is 731. The lowest BCUT2D eigenvalue weighted by atomic mass is 10.1. The van der Waals surface area contributed by atoms with Crippen LogP contribution >= 0.6 is 11.3 Å². The molecule has 0 aliphatic rings. The van der Waals surface area contributed by atoms with Crippen LogP contribution in [0.25, 0.3) is 10.1 Å². The number of ether oxygens (including phenoxy) is 2. The lowest BCUT2D eigenvalue weighted by molar-refractivity contribution is 0.218. The third kappa shape index (κ3) is 2.60. The van der Waals surface area contributed by atoms with E-state index in [0.717, 1.165) is 15.0 Å². The SMILES string of the molecule is COc1ccc(OC)c(C(O)c2cc3ccccc3s2)c1. The number of hydrogen-bond acceptors (Lipinski definition) is 4. The number of fused-ring (bicyclic) bond motifs is 1. The maximum atomic E-state index is 10.7. The highest BCUT2D eigenvalue weighted by Crippen LogP contribution is 2.37. The Hall–Kier alpha value is -2.04. The van der Waals surface area contributed by atoms with Crippen LogP contribution in [-0.4, -0.2) is 19.3 Å². The van der Waals surface area contributed by atoms with Gasteiger partial charge in [-0.15, -0.1) is 11.3 Å². The van der Waals surface area contributed by atoms with Gasteiger partial charge in [0.1, 0.15) is 17.6 Å². The molecule has 3 rings (SSSR count). The number of thiophene rings is 1. The standard InChI is InChI=1S/C17H16O3S/c1-19-12-7-8-14(20-2)13(10-12)17(18)16-9-11-5-3-4-6-15(11)21-16/h3-10,17-18H,1-2H3. The van der Waals surface area contributed by atoms with Gasteiger partial charge in [-0.05, 0) is 35.7 Å². The molecule has 1 unspecified atom stereocenters. The van der Waals surface area contributed by atoms with Crippen LogP contribution in [0.1, 0.15) is 16.5 Å². The molecule has 0 aliphatic heterocycles. The average Bonchev–Trinajstić information content (AvgIpc) is 2.97. The fourth-order valence-corrected chi connectivity index (χ4v) is 3.41. The summed E-state index contributed by atoms with van der Waals surface area (Å²) >= 11 is 1.59. The molecule has 2 aromatic carbocycles. The van der Waals surface area contributed by atoms with Gasteiger partial charge in [0.25, 0.3) is 0 Å². The van der Waals surface area contributed by atoms with E-state index in [0.29, 0.717) is 17.1 Å². The van der Waals surface area contributed by atoms with Crippen LogP contribution in [0, 0.1) is 0 Å². The van der Waals surface area contributed by atoms with Crippen molar-refractivity contribution >= 4 is 21.4 Å². The van der Waals surface area contributed by atoms with Gasteiger partial charge in [-0.25, -0.2) is 0 Å². The van der Waals surface area contributed by atoms with Crippen molar-refractivity contribution in [2.24, 2.45) is 0 Å². The largest absolute Gasteiger partial charge is 0.497 e. The smallest absolute Gasteiger partial charge is 0.125 e. The fraction of sp³-hybridized carbons (Fsp3) is 0.176. The van der Waals surface area contributed by atoms with Gasteiger partial charge in [-0.3, -0.25) is 0 Å². The molecule has 0 spiro atoms. The summed E-state index contributed by atoms with van der Waals surface area (Å²) in [7, 11) is 3.21. The Morgan fingerprint density at radius 1 is 1.00 bits per heavy atom. The third-order valence-electron chi connectivity index (χ3n) is 3.45. The summed E-state index contributed by atoms with van der Waals surface area (Å²) in [6.45, 7) is 0. The van der Waals surface area contributed by atoms with Crippen molar-refractivity contribution in [1.82, 2.24) is 0 Å². The lowest BCUT2D eigenvalue weighted by Gasteiger charge is -2.14. The number of benzene rings is 2. The van der Waals surface area contributed by atoms with Gasteiger partial charge in [-0.1, -0.05) is 18.2 Å². The van der Waals surface area contributed by atoms with Gasteiger partial charge < -0.3 is 14.6 Å². The first-order valence-corrected chi connectivity index (χ1v) is 7.43. The molecule has 1 N–H and O–H groups in total. The van der Waals surface area contributed by atoms with Crippen molar-refractivity contribution in [3.05, 3.63) is 59.0 Å². The van der Waals surface area contributed by atoms with E-state index >= 15 is 0 Å². The third-order valence-corrected chi connectivity index (χ3v) is 4.61. The van der Waals surface area contributed by atoms with E-state index in [1.807, 2.05) is 42.5 Å². The highest BCUT2D eigenvalue weighted by Gasteiger charge is 2.18. The summed E-state index contributed by atoms with van der Waals surface area (Å²) in [6.07, 6.45) is -0.729. The summed E-state index contributed by atoms with van der Waals surface area (Å²) in [5.74, 6) is 1.35. The zero-order chi connectivity index (χ0) is 14.8. The predicted molar refractivity (Wildman–Crippen MR) is 85.4 cm³/mol.